The zero-order valence-corrected chi connectivity index (χ0v) is 16.2. The lowest BCUT2D eigenvalue weighted by atomic mass is 10.2. The highest BCUT2D eigenvalue weighted by atomic mass is 32.2. The number of nitrogens with zero attached hydrogens (tertiary/aromatic N) is 2. The largest absolute Gasteiger partial charge is 0.351 e. The number of benzene rings is 2. The van der Waals surface area contributed by atoms with Crippen molar-refractivity contribution in [3.63, 3.8) is 0 Å². The number of carbonyl (C=O) groups is 1. The molecule has 0 saturated heterocycles. The number of aromatic nitrogens is 2. The van der Waals surface area contributed by atoms with E-state index in [0.29, 0.717) is 29.1 Å². The summed E-state index contributed by atoms with van der Waals surface area (Å²) in [6, 6.07) is 13.1. The third-order valence-electron chi connectivity index (χ3n) is 4.17. The van der Waals surface area contributed by atoms with Gasteiger partial charge in [0.1, 0.15) is 5.82 Å². The van der Waals surface area contributed by atoms with Crippen LogP contribution in [0, 0.1) is 5.82 Å². The van der Waals surface area contributed by atoms with Crippen molar-refractivity contribution in [1.29, 1.82) is 0 Å². The van der Waals surface area contributed by atoms with E-state index in [1.807, 2.05) is 6.07 Å². The van der Waals surface area contributed by atoms with Gasteiger partial charge in [-0.25, -0.2) is 9.37 Å². The standard InChI is InChI=1S/C21H20FN3O2S/c1-3-12-25-20(27)17-6-4-5-7-18(17)24-21(25)28-14(2)19(26)23-13-15-8-10-16(22)11-9-15/h3-11,14H,1,12-13H2,2H3,(H,23,26). The lowest BCUT2D eigenvalue weighted by molar-refractivity contribution is -0.120. The molecule has 1 aromatic heterocycles. The second-order valence-electron chi connectivity index (χ2n) is 6.22. The maximum absolute atomic E-state index is 13.0. The van der Waals surface area contributed by atoms with Gasteiger partial charge in [-0.2, -0.15) is 0 Å². The van der Waals surface area contributed by atoms with Gasteiger partial charge in [-0.15, -0.1) is 6.58 Å². The summed E-state index contributed by atoms with van der Waals surface area (Å²) in [7, 11) is 0. The predicted molar refractivity (Wildman–Crippen MR) is 110 cm³/mol. The summed E-state index contributed by atoms with van der Waals surface area (Å²) < 4.78 is 14.5. The number of para-hydroxylation sites is 1. The summed E-state index contributed by atoms with van der Waals surface area (Å²) in [4.78, 5) is 29.8. The Morgan fingerprint density at radius 2 is 2.00 bits per heavy atom. The third-order valence-corrected chi connectivity index (χ3v) is 5.26. The quantitative estimate of drug-likeness (QED) is 0.376. The Morgan fingerprint density at radius 3 is 2.71 bits per heavy atom. The van der Waals surface area contributed by atoms with E-state index in [4.69, 9.17) is 0 Å². The van der Waals surface area contributed by atoms with Crippen LogP contribution >= 0.6 is 11.8 Å². The van der Waals surface area contributed by atoms with Crippen LogP contribution in [0.4, 0.5) is 4.39 Å². The molecule has 7 heteroatoms. The first-order valence-corrected chi connectivity index (χ1v) is 9.67. The molecule has 2 aromatic carbocycles. The molecule has 0 aliphatic heterocycles. The van der Waals surface area contributed by atoms with Gasteiger partial charge in [0.15, 0.2) is 5.16 Å². The molecule has 3 rings (SSSR count). The van der Waals surface area contributed by atoms with Crippen LogP contribution in [0.3, 0.4) is 0 Å². The molecule has 0 aliphatic carbocycles. The highest BCUT2D eigenvalue weighted by molar-refractivity contribution is 8.00. The van der Waals surface area contributed by atoms with Gasteiger partial charge in [0.05, 0.1) is 16.2 Å². The molecule has 28 heavy (non-hydrogen) atoms. The number of nitrogens with one attached hydrogen (secondary N) is 1. The van der Waals surface area contributed by atoms with Crippen LogP contribution in [0.25, 0.3) is 10.9 Å². The van der Waals surface area contributed by atoms with Gasteiger partial charge in [-0.3, -0.25) is 14.2 Å². The zero-order chi connectivity index (χ0) is 20.1. The van der Waals surface area contributed by atoms with Gasteiger partial charge in [0.25, 0.3) is 5.56 Å². The van der Waals surface area contributed by atoms with Crippen molar-refractivity contribution in [3.8, 4) is 0 Å². The first-order valence-electron chi connectivity index (χ1n) is 8.79. The van der Waals surface area contributed by atoms with E-state index in [1.165, 1.54) is 28.5 Å². The van der Waals surface area contributed by atoms with Crippen LogP contribution in [0.15, 0.2) is 71.1 Å². The average molecular weight is 397 g/mol. The molecule has 1 atom stereocenters. The molecule has 0 spiro atoms. The second-order valence-corrected chi connectivity index (χ2v) is 7.53. The van der Waals surface area contributed by atoms with E-state index in [9.17, 15) is 14.0 Å². The molecule has 0 radical (unpaired) electrons. The maximum atomic E-state index is 13.0. The molecule has 3 aromatic rings. The van der Waals surface area contributed by atoms with Gasteiger partial charge in [-0.05, 0) is 36.8 Å². The number of carbonyl (C=O) groups excluding carboxylic acids is 1. The molecule has 0 saturated carbocycles. The summed E-state index contributed by atoms with van der Waals surface area (Å²) in [5.41, 5.74) is 1.24. The van der Waals surface area contributed by atoms with E-state index in [-0.39, 0.29) is 17.3 Å². The molecule has 1 unspecified atom stereocenters. The fourth-order valence-electron chi connectivity index (χ4n) is 2.67. The molecule has 0 bridgehead atoms. The van der Waals surface area contributed by atoms with Crippen molar-refractivity contribution in [2.45, 2.75) is 30.4 Å². The van der Waals surface area contributed by atoms with Crippen LogP contribution in [0.5, 0.6) is 0 Å². The Kier molecular flexibility index (Phi) is 6.26. The van der Waals surface area contributed by atoms with Crippen molar-refractivity contribution in [2.24, 2.45) is 0 Å². The summed E-state index contributed by atoms with van der Waals surface area (Å²) in [5.74, 6) is -0.511. The Bertz CT molecular complexity index is 1060. The van der Waals surface area contributed by atoms with Crippen LogP contribution in [-0.4, -0.2) is 20.7 Å². The molecule has 1 amide bonds. The van der Waals surface area contributed by atoms with Gasteiger partial charge in [0.2, 0.25) is 5.91 Å². The minimum Gasteiger partial charge on any atom is -0.351 e. The van der Waals surface area contributed by atoms with E-state index in [0.717, 1.165) is 5.56 Å². The number of hydrogen-bond donors (Lipinski definition) is 1. The number of amides is 1. The number of hydrogen-bond acceptors (Lipinski definition) is 4. The normalized spacial score (nSPS) is 11.9. The molecule has 5 nitrogen and oxygen atoms in total. The Morgan fingerprint density at radius 1 is 1.29 bits per heavy atom. The summed E-state index contributed by atoms with van der Waals surface area (Å²) in [6.07, 6.45) is 1.63. The highest BCUT2D eigenvalue weighted by Crippen LogP contribution is 2.22. The minimum absolute atomic E-state index is 0.160. The van der Waals surface area contributed by atoms with E-state index >= 15 is 0 Å². The van der Waals surface area contributed by atoms with E-state index in [2.05, 4.69) is 16.9 Å². The van der Waals surface area contributed by atoms with Crippen molar-refractivity contribution in [1.82, 2.24) is 14.9 Å². The van der Waals surface area contributed by atoms with Crippen molar-refractivity contribution >= 4 is 28.6 Å². The molecular weight excluding hydrogens is 377 g/mol. The SMILES string of the molecule is C=CCn1c(SC(C)C(=O)NCc2ccc(F)cc2)nc2ccccc2c1=O. The molecule has 0 fully saturated rings. The minimum atomic E-state index is -0.468. The topological polar surface area (TPSA) is 64.0 Å². The van der Waals surface area contributed by atoms with Crippen LogP contribution in [0.1, 0.15) is 12.5 Å². The van der Waals surface area contributed by atoms with Crippen molar-refractivity contribution in [2.75, 3.05) is 0 Å². The third kappa shape index (κ3) is 4.48. The molecule has 144 valence electrons. The number of rotatable bonds is 7. The number of allylic oxidation sites excluding steroid dienone is 1. The molecule has 1 N–H and O–H groups in total. The van der Waals surface area contributed by atoms with Crippen LogP contribution < -0.4 is 10.9 Å². The first kappa shape index (κ1) is 19.8. The first-order chi connectivity index (χ1) is 13.5. The van der Waals surface area contributed by atoms with Crippen LogP contribution in [-0.2, 0) is 17.9 Å². The average Bonchev–Trinajstić information content (AvgIpc) is 2.70. The summed E-state index contributed by atoms with van der Waals surface area (Å²) in [5, 5.41) is 3.35. The van der Waals surface area contributed by atoms with Gasteiger partial charge in [-0.1, -0.05) is 42.1 Å². The highest BCUT2D eigenvalue weighted by Gasteiger charge is 2.19. The molecular formula is C21H20FN3O2S. The number of fused-ring (bicyclic) bond motifs is 1. The predicted octanol–water partition coefficient (Wildman–Crippen LogP) is 3.52. The monoisotopic (exact) mass is 397 g/mol. The van der Waals surface area contributed by atoms with Gasteiger partial charge < -0.3 is 5.32 Å². The Hall–Kier alpha value is -2.93. The fraction of sp³-hybridized carbons (Fsp3) is 0.190. The zero-order valence-electron chi connectivity index (χ0n) is 15.4. The molecule has 1 heterocycles. The van der Waals surface area contributed by atoms with Gasteiger partial charge in [0, 0.05) is 13.1 Å². The molecule has 0 aliphatic rings. The van der Waals surface area contributed by atoms with E-state index < -0.39 is 5.25 Å². The smallest absolute Gasteiger partial charge is 0.262 e. The van der Waals surface area contributed by atoms with Crippen molar-refractivity contribution in [3.05, 3.63) is 82.9 Å². The second kappa shape index (κ2) is 8.84. The lowest BCUT2D eigenvalue weighted by Gasteiger charge is -2.15. The summed E-state index contributed by atoms with van der Waals surface area (Å²) in [6.45, 7) is 6.06. The van der Waals surface area contributed by atoms with Gasteiger partial charge >= 0.3 is 0 Å². The Labute approximate surface area is 166 Å². The summed E-state index contributed by atoms with van der Waals surface area (Å²) >= 11 is 1.22. The fourth-order valence-corrected chi connectivity index (χ4v) is 3.62. The van der Waals surface area contributed by atoms with Crippen molar-refractivity contribution < 1.29 is 9.18 Å². The Balaban J connectivity index is 1.77. The number of thioether (sulfide) groups is 1. The van der Waals surface area contributed by atoms with Crippen LogP contribution in [0.2, 0.25) is 0 Å². The lowest BCUT2D eigenvalue weighted by Crippen LogP contribution is -2.31. The van der Waals surface area contributed by atoms with E-state index in [1.54, 1.807) is 43.3 Å². The number of halogens is 1. The maximum Gasteiger partial charge on any atom is 0.262 e.